The molecule has 140 valence electrons. The van der Waals surface area contributed by atoms with Gasteiger partial charge in [-0.1, -0.05) is 11.2 Å². The number of aromatic hydroxyl groups is 1. The van der Waals surface area contributed by atoms with Crippen LogP contribution in [0.15, 0.2) is 45.8 Å². The summed E-state index contributed by atoms with van der Waals surface area (Å²) in [6, 6.07) is 7.73. The van der Waals surface area contributed by atoms with Gasteiger partial charge in [-0.2, -0.15) is 9.78 Å². The van der Waals surface area contributed by atoms with Gasteiger partial charge in [0.15, 0.2) is 17.3 Å². The van der Waals surface area contributed by atoms with E-state index in [0.717, 1.165) is 0 Å². The second kappa shape index (κ2) is 5.94. The molecule has 1 aliphatic rings. The molecule has 0 saturated heterocycles. The number of aromatic amines is 1. The number of rotatable bonds is 3. The van der Waals surface area contributed by atoms with E-state index in [4.69, 9.17) is 9.15 Å². The molecule has 1 aromatic carbocycles. The molecule has 5 rings (SSSR count). The summed E-state index contributed by atoms with van der Waals surface area (Å²) in [5.74, 6) is 1.05. The first kappa shape index (κ1) is 16.1. The molecule has 0 bridgehead atoms. The summed E-state index contributed by atoms with van der Waals surface area (Å²) in [5.41, 5.74) is 1.50. The summed E-state index contributed by atoms with van der Waals surface area (Å²) >= 11 is 0. The van der Waals surface area contributed by atoms with Crippen molar-refractivity contribution in [1.82, 2.24) is 30.4 Å². The fraction of sp³-hybridized carbons (Fsp3) is 0.118. The number of anilines is 2. The van der Waals surface area contributed by atoms with Crippen LogP contribution in [0.4, 0.5) is 11.6 Å². The molecule has 28 heavy (non-hydrogen) atoms. The molecule has 0 unspecified atom stereocenters. The van der Waals surface area contributed by atoms with Crippen molar-refractivity contribution in [2.24, 2.45) is 0 Å². The van der Waals surface area contributed by atoms with Gasteiger partial charge >= 0.3 is 0 Å². The predicted molar refractivity (Wildman–Crippen MR) is 95.6 cm³/mol. The lowest BCUT2D eigenvalue weighted by Gasteiger charge is -2.27. The fourth-order valence-corrected chi connectivity index (χ4v) is 3.31. The Morgan fingerprint density at radius 3 is 3.00 bits per heavy atom. The quantitative estimate of drug-likeness (QED) is 0.424. The normalized spacial score (nSPS) is 14.8. The molecule has 1 aliphatic heterocycles. The highest BCUT2D eigenvalue weighted by molar-refractivity contribution is 5.73. The van der Waals surface area contributed by atoms with E-state index in [-0.39, 0.29) is 17.2 Å². The Hall–Kier alpha value is -4.15. The number of methoxy groups -OCH3 is 1. The van der Waals surface area contributed by atoms with Crippen LogP contribution in [0.3, 0.4) is 0 Å². The standard InChI is InChI=1S/C17H13N7O4/c1-27-11-7-8(4-5-9(11)25)15-12-13(10-3-2-6-28-10)19-20-16(26)14(12)18-17-21-22-23-24(15)17/h2-7,15,25H,1H3,(H,20,26)(H,18,21,23)/t15-/m1/s1. The molecule has 0 radical (unpaired) electrons. The van der Waals surface area contributed by atoms with E-state index in [1.807, 2.05) is 0 Å². The molecule has 0 spiro atoms. The van der Waals surface area contributed by atoms with Gasteiger partial charge in [-0.25, -0.2) is 5.10 Å². The van der Waals surface area contributed by atoms with Crippen LogP contribution in [0.2, 0.25) is 0 Å². The Labute approximate surface area is 156 Å². The average Bonchev–Trinajstić information content (AvgIpc) is 3.39. The number of nitrogens with zero attached hydrogens (tertiary/aromatic N) is 5. The van der Waals surface area contributed by atoms with Crippen LogP contribution >= 0.6 is 0 Å². The number of hydrogen-bond donors (Lipinski definition) is 3. The summed E-state index contributed by atoms with van der Waals surface area (Å²) in [6.07, 6.45) is 1.52. The van der Waals surface area contributed by atoms with Crippen molar-refractivity contribution in [3.63, 3.8) is 0 Å². The minimum absolute atomic E-state index is 0.00682. The first-order valence-electron chi connectivity index (χ1n) is 8.25. The molecule has 3 N–H and O–H groups in total. The maximum atomic E-state index is 12.5. The molecule has 0 fully saturated rings. The van der Waals surface area contributed by atoms with E-state index in [1.54, 1.807) is 24.3 Å². The zero-order valence-electron chi connectivity index (χ0n) is 14.4. The number of ether oxygens (including phenoxy) is 1. The van der Waals surface area contributed by atoms with Crippen molar-refractivity contribution in [1.29, 1.82) is 0 Å². The lowest BCUT2D eigenvalue weighted by Crippen LogP contribution is -2.29. The highest BCUT2D eigenvalue weighted by atomic mass is 16.5. The van der Waals surface area contributed by atoms with Crippen molar-refractivity contribution in [2.45, 2.75) is 6.04 Å². The molecule has 0 saturated carbocycles. The van der Waals surface area contributed by atoms with Gasteiger partial charge in [0, 0.05) is 5.56 Å². The Morgan fingerprint density at radius 2 is 2.21 bits per heavy atom. The van der Waals surface area contributed by atoms with Gasteiger partial charge in [-0.3, -0.25) is 4.79 Å². The third-order valence-electron chi connectivity index (χ3n) is 4.54. The SMILES string of the molecule is COc1cc([C@@H]2c3c(-c4ccco4)n[nH]c(=O)c3Nc3nnnn32)ccc1O. The Balaban J connectivity index is 1.82. The molecular weight excluding hydrogens is 366 g/mol. The topological polar surface area (TPSA) is 144 Å². The minimum atomic E-state index is -0.606. The number of nitrogens with one attached hydrogen (secondary N) is 2. The van der Waals surface area contributed by atoms with E-state index < -0.39 is 11.6 Å². The van der Waals surface area contributed by atoms with Crippen LogP contribution in [-0.4, -0.2) is 42.6 Å². The predicted octanol–water partition coefficient (Wildman–Crippen LogP) is 1.43. The second-order valence-corrected chi connectivity index (χ2v) is 6.07. The largest absolute Gasteiger partial charge is 0.504 e. The monoisotopic (exact) mass is 379 g/mol. The molecule has 4 aromatic rings. The molecule has 3 aromatic heterocycles. The van der Waals surface area contributed by atoms with E-state index in [9.17, 15) is 9.90 Å². The zero-order valence-corrected chi connectivity index (χ0v) is 14.4. The number of furan rings is 1. The summed E-state index contributed by atoms with van der Waals surface area (Å²) < 4.78 is 12.3. The lowest BCUT2D eigenvalue weighted by molar-refractivity contribution is 0.372. The number of aromatic nitrogens is 6. The Bertz CT molecular complexity index is 1230. The van der Waals surface area contributed by atoms with Crippen molar-refractivity contribution < 1.29 is 14.3 Å². The lowest BCUT2D eigenvalue weighted by atomic mass is 9.94. The van der Waals surface area contributed by atoms with Gasteiger partial charge in [-0.05, 0) is 40.3 Å². The summed E-state index contributed by atoms with van der Waals surface area (Å²) in [5, 5.41) is 31.3. The van der Waals surface area contributed by atoms with Crippen LogP contribution in [0, 0.1) is 0 Å². The maximum absolute atomic E-state index is 12.5. The van der Waals surface area contributed by atoms with Crippen molar-refractivity contribution in [3.8, 4) is 23.0 Å². The van der Waals surface area contributed by atoms with Crippen LogP contribution in [-0.2, 0) is 0 Å². The van der Waals surface area contributed by atoms with Crippen molar-refractivity contribution in [3.05, 3.63) is 58.1 Å². The molecular formula is C17H13N7O4. The molecule has 1 atom stereocenters. The summed E-state index contributed by atoms with van der Waals surface area (Å²) in [7, 11) is 1.46. The highest BCUT2D eigenvalue weighted by Crippen LogP contribution is 2.42. The van der Waals surface area contributed by atoms with Crippen LogP contribution in [0.25, 0.3) is 11.5 Å². The number of tetrazole rings is 1. The van der Waals surface area contributed by atoms with Gasteiger partial charge in [0.05, 0.1) is 13.4 Å². The van der Waals surface area contributed by atoms with Crippen molar-refractivity contribution >= 4 is 11.6 Å². The number of H-pyrrole nitrogens is 1. The number of phenols is 1. The smallest absolute Gasteiger partial charge is 0.288 e. The van der Waals surface area contributed by atoms with Crippen LogP contribution in [0.5, 0.6) is 11.5 Å². The average molecular weight is 379 g/mol. The van der Waals surface area contributed by atoms with Crippen LogP contribution in [0.1, 0.15) is 17.2 Å². The number of hydrogen-bond acceptors (Lipinski definition) is 9. The first-order chi connectivity index (χ1) is 13.7. The van der Waals surface area contributed by atoms with Crippen LogP contribution < -0.4 is 15.6 Å². The van der Waals surface area contributed by atoms with E-state index >= 15 is 0 Å². The van der Waals surface area contributed by atoms with Crippen molar-refractivity contribution in [2.75, 3.05) is 12.4 Å². The highest BCUT2D eigenvalue weighted by Gasteiger charge is 2.35. The third kappa shape index (κ3) is 2.26. The van der Waals surface area contributed by atoms with Gasteiger partial charge < -0.3 is 19.6 Å². The van der Waals surface area contributed by atoms with Gasteiger partial charge in [-0.15, -0.1) is 0 Å². The molecule has 11 heteroatoms. The molecule has 11 nitrogen and oxygen atoms in total. The summed E-state index contributed by atoms with van der Waals surface area (Å²) in [4.78, 5) is 12.5. The third-order valence-corrected chi connectivity index (χ3v) is 4.54. The van der Waals surface area contributed by atoms with E-state index in [1.165, 1.54) is 24.1 Å². The van der Waals surface area contributed by atoms with Gasteiger partial charge in [0.1, 0.15) is 17.4 Å². The maximum Gasteiger partial charge on any atom is 0.288 e. The Kier molecular flexibility index (Phi) is 3.41. The van der Waals surface area contributed by atoms with E-state index in [0.29, 0.717) is 28.5 Å². The van der Waals surface area contributed by atoms with Gasteiger partial charge in [0.25, 0.3) is 5.56 Å². The Morgan fingerprint density at radius 1 is 1.32 bits per heavy atom. The minimum Gasteiger partial charge on any atom is -0.504 e. The number of phenolic OH excluding ortho intramolecular Hbond substituents is 1. The first-order valence-corrected chi connectivity index (χ1v) is 8.25. The van der Waals surface area contributed by atoms with Gasteiger partial charge in [0.2, 0.25) is 5.95 Å². The molecule has 0 aliphatic carbocycles. The zero-order chi connectivity index (χ0) is 19.3. The van der Waals surface area contributed by atoms with E-state index in [2.05, 4.69) is 31.0 Å². The molecule has 4 heterocycles. The fourth-order valence-electron chi connectivity index (χ4n) is 3.31. The number of benzene rings is 1. The number of fused-ring (bicyclic) bond motifs is 2. The molecule has 0 amide bonds. The second-order valence-electron chi connectivity index (χ2n) is 6.07. The summed E-state index contributed by atoms with van der Waals surface area (Å²) in [6.45, 7) is 0.